The lowest BCUT2D eigenvalue weighted by atomic mass is 9.62. The quantitative estimate of drug-likeness (QED) is 0.899. The molecule has 2 nitrogen and oxygen atoms in total. The van der Waals surface area contributed by atoms with Crippen molar-refractivity contribution in [2.24, 2.45) is 11.8 Å². The van der Waals surface area contributed by atoms with Crippen LogP contribution in [-0.2, 0) is 0 Å². The van der Waals surface area contributed by atoms with E-state index in [1.54, 1.807) is 12.1 Å². The molecule has 1 aliphatic carbocycles. The average Bonchev–Trinajstić information content (AvgIpc) is 2.36. The van der Waals surface area contributed by atoms with Crippen LogP contribution in [0.2, 0.25) is 0 Å². The van der Waals surface area contributed by atoms with E-state index >= 15 is 0 Å². The molecule has 1 spiro atoms. The molecule has 3 heteroatoms. The molecule has 1 unspecified atom stereocenters. The van der Waals surface area contributed by atoms with Gasteiger partial charge in [0.1, 0.15) is 17.2 Å². The van der Waals surface area contributed by atoms with Crippen LogP contribution >= 0.6 is 0 Å². The zero-order valence-electron chi connectivity index (χ0n) is 12.6. The number of hydrogen-bond acceptors (Lipinski definition) is 2. The molecule has 1 fully saturated rings. The minimum atomic E-state index is -0.181. The fourth-order valence-electron chi connectivity index (χ4n) is 3.69. The van der Waals surface area contributed by atoms with Gasteiger partial charge < -0.3 is 10.1 Å². The summed E-state index contributed by atoms with van der Waals surface area (Å²) in [6.45, 7) is 7.56. The molecule has 0 saturated heterocycles. The van der Waals surface area contributed by atoms with Gasteiger partial charge in [-0.25, -0.2) is 4.39 Å². The van der Waals surface area contributed by atoms with Gasteiger partial charge in [0.2, 0.25) is 0 Å². The van der Waals surface area contributed by atoms with E-state index in [0.29, 0.717) is 0 Å². The van der Waals surface area contributed by atoms with Crippen LogP contribution in [0.25, 0.3) is 0 Å². The van der Waals surface area contributed by atoms with E-state index in [2.05, 4.69) is 26.1 Å². The van der Waals surface area contributed by atoms with Gasteiger partial charge >= 0.3 is 0 Å². The molecule has 1 saturated carbocycles. The zero-order valence-corrected chi connectivity index (χ0v) is 12.6. The highest BCUT2D eigenvalue weighted by Gasteiger charge is 2.51. The van der Waals surface area contributed by atoms with Crippen molar-refractivity contribution in [1.82, 2.24) is 5.32 Å². The Morgan fingerprint density at radius 2 is 2.10 bits per heavy atom. The van der Waals surface area contributed by atoms with Gasteiger partial charge in [0.15, 0.2) is 0 Å². The maximum Gasteiger partial charge on any atom is 0.125 e. The molecule has 1 aromatic carbocycles. The first kappa shape index (κ1) is 13.9. The summed E-state index contributed by atoms with van der Waals surface area (Å²) in [6.07, 6.45) is 3.22. The first-order valence-corrected chi connectivity index (χ1v) is 7.75. The maximum absolute atomic E-state index is 13.5. The van der Waals surface area contributed by atoms with E-state index in [9.17, 15) is 4.39 Å². The van der Waals surface area contributed by atoms with Gasteiger partial charge in [-0.15, -0.1) is 0 Å². The van der Waals surface area contributed by atoms with Gasteiger partial charge in [0.05, 0.1) is 0 Å². The zero-order chi connectivity index (χ0) is 14.3. The topological polar surface area (TPSA) is 21.3 Å². The lowest BCUT2D eigenvalue weighted by Crippen LogP contribution is -2.54. The molecule has 1 N–H and O–H groups in total. The van der Waals surface area contributed by atoms with Gasteiger partial charge in [-0.2, -0.15) is 0 Å². The largest absolute Gasteiger partial charge is 0.487 e. The SMILES string of the molecule is CCNC1CC2(CC(C(C)C)C2)Oc2ccc(F)cc21. The molecule has 0 bridgehead atoms. The molecule has 1 heterocycles. The summed E-state index contributed by atoms with van der Waals surface area (Å²) in [4.78, 5) is 0. The smallest absolute Gasteiger partial charge is 0.125 e. The van der Waals surface area contributed by atoms with E-state index < -0.39 is 0 Å². The predicted molar refractivity (Wildman–Crippen MR) is 78.4 cm³/mol. The second-order valence-corrected chi connectivity index (χ2v) is 6.69. The standard InChI is InChI=1S/C17H24FNO/c1-4-19-15-10-17(8-12(9-17)11(2)3)20-16-6-5-13(18)7-14(15)16/h5-7,11-12,15,19H,4,8-10H2,1-3H3. The Hall–Kier alpha value is -1.09. The summed E-state index contributed by atoms with van der Waals surface area (Å²) in [6, 6.07) is 5.12. The van der Waals surface area contributed by atoms with Crippen LogP contribution in [0.1, 0.15) is 51.6 Å². The van der Waals surface area contributed by atoms with E-state index in [1.807, 2.05) is 0 Å². The van der Waals surface area contributed by atoms with Gasteiger partial charge in [0, 0.05) is 18.0 Å². The minimum Gasteiger partial charge on any atom is -0.487 e. The molecule has 0 amide bonds. The van der Waals surface area contributed by atoms with Gasteiger partial charge in [-0.3, -0.25) is 0 Å². The summed E-state index contributed by atoms with van der Waals surface area (Å²) in [5, 5.41) is 3.49. The van der Waals surface area contributed by atoms with Crippen LogP contribution in [-0.4, -0.2) is 12.1 Å². The Bertz CT molecular complexity index is 494. The highest BCUT2D eigenvalue weighted by molar-refractivity contribution is 5.40. The van der Waals surface area contributed by atoms with Crippen molar-refractivity contribution in [3.63, 3.8) is 0 Å². The summed E-state index contributed by atoms with van der Waals surface area (Å²) in [7, 11) is 0. The Morgan fingerprint density at radius 1 is 1.35 bits per heavy atom. The van der Waals surface area contributed by atoms with Crippen LogP contribution < -0.4 is 10.1 Å². The van der Waals surface area contributed by atoms with Gasteiger partial charge in [-0.05, 0) is 49.4 Å². The second-order valence-electron chi connectivity index (χ2n) is 6.69. The van der Waals surface area contributed by atoms with E-state index in [1.165, 1.54) is 6.07 Å². The third-order valence-corrected chi connectivity index (χ3v) is 4.91. The Kier molecular flexibility index (Phi) is 3.49. The molecule has 110 valence electrons. The van der Waals surface area contributed by atoms with Crippen molar-refractivity contribution >= 4 is 0 Å². The molecular weight excluding hydrogens is 253 g/mol. The van der Waals surface area contributed by atoms with Crippen LogP contribution in [0.3, 0.4) is 0 Å². The number of rotatable bonds is 3. The van der Waals surface area contributed by atoms with Gasteiger partial charge in [-0.1, -0.05) is 20.8 Å². The first-order chi connectivity index (χ1) is 9.53. The number of benzene rings is 1. The molecule has 3 rings (SSSR count). The molecule has 0 aromatic heterocycles. The van der Waals surface area contributed by atoms with Crippen molar-refractivity contribution in [1.29, 1.82) is 0 Å². The molecule has 20 heavy (non-hydrogen) atoms. The Labute approximate surface area is 120 Å². The van der Waals surface area contributed by atoms with Crippen molar-refractivity contribution < 1.29 is 9.13 Å². The van der Waals surface area contributed by atoms with Crippen LogP contribution in [0.4, 0.5) is 4.39 Å². The second kappa shape index (κ2) is 5.03. The molecule has 1 atom stereocenters. The highest BCUT2D eigenvalue weighted by Crippen LogP contribution is 2.53. The molecular formula is C17H24FNO. The third kappa shape index (κ3) is 2.32. The van der Waals surface area contributed by atoms with Crippen molar-refractivity contribution in [2.45, 2.75) is 51.7 Å². The van der Waals surface area contributed by atoms with Crippen LogP contribution in [0, 0.1) is 17.7 Å². The summed E-state index contributed by atoms with van der Waals surface area (Å²) in [5.41, 5.74) is 0.956. The lowest BCUT2D eigenvalue weighted by molar-refractivity contribution is -0.0873. The monoisotopic (exact) mass is 277 g/mol. The van der Waals surface area contributed by atoms with Crippen molar-refractivity contribution in [3.05, 3.63) is 29.6 Å². The fourth-order valence-corrected chi connectivity index (χ4v) is 3.69. The number of ether oxygens (including phenoxy) is 1. The fraction of sp³-hybridized carbons (Fsp3) is 0.647. The Morgan fingerprint density at radius 3 is 2.75 bits per heavy atom. The summed E-state index contributed by atoms with van der Waals surface area (Å²) >= 11 is 0. The molecule has 1 aromatic rings. The number of hydrogen-bond donors (Lipinski definition) is 1. The highest BCUT2D eigenvalue weighted by atomic mass is 19.1. The number of fused-ring (bicyclic) bond motifs is 1. The Balaban J connectivity index is 1.85. The number of halogens is 1. The van der Waals surface area contributed by atoms with Crippen LogP contribution in [0.5, 0.6) is 5.75 Å². The normalized spacial score (nSPS) is 31.9. The molecule has 0 radical (unpaired) electrons. The van der Waals surface area contributed by atoms with Crippen molar-refractivity contribution in [3.8, 4) is 5.75 Å². The summed E-state index contributed by atoms with van der Waals surface area (Å²) in [5.74, 6) is 2.17. The number of nitrogens with one attached hydrogen (secondary N) is 1. The summed E-state index contributed by atoms with van der Waals surface area (Å²) < 4.78 is 19.7. The predicted octanol–water partition coefficient (Wildman–Crippen LogP) is 4.06. The van der Waals surface area contributed by atoms with E-state index in [0.717, 1.165) is 49.0 Å². The van der Waals surface area contributed by atoms with Gasteiger partial charge in [0.25, 0.3) is 0 Å². The van der Waals surface area contributed by atoms with E-state index in [-0.39, 0.29) is 17.5 Å². The van der Waals surface area contributed by atoms with E-state index in [4.69, 9.17) is 4.74 Å². The third-order valence-electron chi connectivity index (χ3n) is 4.91. The minimum absolute atomic E-state index is 0.0212. The molecule has 1 aliphatic heterocycles. The van der Waals surface area contributed by atoms with Crippen molar-refractivity contribution in [2.75, 3.05) is 6.54 Å². The lowest BCUT2D eigenvalue weighted by Gasteiger charge is -2.53. The average molecular weight is 277 g/mol. The molecule has 2 aliphatic rings. The first-order valence-electron chi connectivity index (χ1n) is 7.75. The maximum atomic E-state index is 13.5. The van der Waals surface area contributed by atoms with Crippen LogP contribution in [0.15, 0.2) is 18.2 Å².